The van der Waals surface area contributed by atoms with E-state index in [4.69, 9.17) is 22.1 Å². The first-order chi connectivity index (χ1) is 13.9. The molecule has 2 aromatic rings. The third-order valence-electron chi connectivity index (χ3n) is 5.33. The van der Waals surface area contributed by atoms with Crippen LogP contribution in [0.15, 0.2) is 42.5 Å². The van der Waals surface area contributed by atoms with Crippen LogP contribution >= 0.6 is 11.6 Å². The second-order valence-electron chi connectivity index (χ2n) is 7.54. The van der Waals surface area contributed by atoms with Crippen molar-refractivity contribution in [2.24, 2.45) is 5.73 Å². The number of hydrogen-bond donors (Lipinski definition) is 1. The van der Waals surface area contributed by atoms with Gasteiger partial charge in [0.2, 0.25) is 0 Å². The normalized spacial score (nSPS) is 20.0. The zero-order chi connectivity index (χ0) is 21.0. The van der Waals surface area contributed by atoms with Crippen molar-refractivity contribution in [3.05, 3.63) is 64.4 Å². The number of benzene rings is 2. The minimum atomic E-state index is -0.232. The number of piperazine rings is 1. The molecule has 0 aliphatic carbocycles. The summed E-state index contributed by atoms with van der Waals surface area (Å²) in [6.07, 6.45) is 0. The van der Waals surface area contributed by atoms with Crippen LogP contribution in [0, 0.1) is 5.82 Å². The lowest BCUT2D eigenvalue weighted by Crippen LogP contribution is -2.58. The van der Waals surface area contributed by atoms with Gasteiger partial charge in [-0.1, -0.05) is 23.7 Å². The van der Waals surface area contributed by atoms with Crippen LogP contribution in [-0.4, -0.2) is 47.5 Å². The number of nitrogens with zero attached hydrogens (tertiary/aromatic N) is 2. The monoisotopic (exact) mass is 419 g/mol. The Morgan fingerprint density at radius 3 is 2.59 bits per heavy atom. The van der Waals surface area contributed by atoms with Crippen molar-refractivity contribution in [2.75, 3.05) is 19.7 Å². The molecule has 29 heavy (non-hydrogen) atoms. The molecule has 0 spiro atoms. The van der Waals surface area contributed by atoms with Gasteiger partial charge in [0.05, 0.1) is 0 Å². The third kappa shape index (κ3) is 5.47. The molecule has 0 bridgehead atoms. The van der Waals surface area contributed by atoms with Crippen LogP contribution in [0.2, 0.25) is 5.02 Å². The first-order valence-electron chi connectivity index (χ1n) is 9.76. The first kappa shape index (κ1) is 21.6. The molecule has 3 rings (SSSR count). The molecule has 0 unspecified atom stereocenters. The molecule has 2 N–H and O–H groups in total. The quantitative estimate of drug-likeness (QED) is 0.779. The fourth-order valence-corrected chi connectivity index (χ4v) is 3.86. The van der Waals surface area contributed by atoms with E-state index in [1.54, 1.807) is 30.3 Å². The van der Waals surface area contributed by atoms with Gasteiger partial charge in [0.1, 0.15) is 11.6 Å². The van der Waals surface area contributed by atoms with Crippen molar-refractivity contribution >= 4 is 17.5 Å². The second-order valence-corrected chi connectivity index (χ2v) is 7.98. The maximum Gasteiger partial charge on any atom is 0.260 e. The van der Waals surface area contributed by atoms with Crippen molar-refractivity contribution in [3.8, 4) is 5.75 Å². The lowest BCUT2D eigenvalue weighted by Gasteiger charge is -2.44. The summed E-state index contributed by atoms with van der Waals surface area (Å²) in [6, 6.07) is 12.0. The van der Waals surface area contributed by atoms with Crippen LogP contribution < -0.4 is 10.5 Å². The first-order valence-corrected chi connectivity index (χ1v) is 10.1. The standard InChI is InChI=1S/C22H27ClFN3O2/c1-15-12-27(16(2)11-26(15)13-17-3-6-20(24)7-4-17)22(28)14-29-21-8-5-19(23)9-18(21)10-25/h3-9,15-16H,10-14,25H2,1-2H3/t15-,16+/m1/s1. The molecule has 0 saturated carbocycles. The maximum atomic E-state index is 13.1. The zero-order valence-corrected chi connectivity index (χ0v) is 17.5. The number of halogens is 2. The molecule has 5 nitrogen and oxygen atoms in total. The lowest BCUT2D eigenvalue weighted by atomic mass is 10.1. The molecule has 7 heteroatoms. The van der Waals surface area contributed by atoms with Crippen LogP contribution in [0.25, 0.3) is 0 Å². The van der Waals surface area contributed by atoms with Gasteiger partial charge in [-0.2, -0.15) is 0 Å². The third-order valence-corrected chi connectivity index (χ3v) is 5.56. The van der Waals surface area contributed by atoms with E-state index < -0.39 is 0 Å². The number of nitrogens with two attached hydrogens (primary N) is 1. The number of rotatable bonds is 6. The Morgan fingerprint density at radius 1 is 1.17 bits per heavy atom. The molecular formula is C22H27ClFN3O2. The minimum Gasteiger partial charge on any atom is -0.483 e. The van der Waals surface area contributed by atoms with E-state index >= 15 is 0 Å². The molecule has 1 aliphatic rings. The molecule has 2 atom stereocenters. The van der Waals surface area contributed by atoms with E-state index in [0.29, 0.717) is 23.9 Å². The van der Waals surface area contributed by atoms with Gasteiger partial charge in [-0.3, -0.25) is 9.69 Å². The highest BCUT2D eigenvalue weighted by atomic mass is 35.5. The molecular weight excluding hydrogens is 393 g/mol. The number of carbonyl (C=O) groups excluding carboxylic acids is 1. The zero-order valence-electron chi connectivity index (χ0n) is 16.8. The topological polar surface area (TPSA) is 58.8 Å². The van der Waals surface area contributed by atoms with Crippen LogP contribution in [0.3, 0.4) is 0 Å². The maximum absolute atomic E-state index is 13.1. The number of carbonyl (C=O) groups is 1. The Labute approximate surface area is 176 Å². The average molecular weight is 420 g/mol. The molecule has 2 aromatic carbocycles. The molecule has 156 valence electrons. The van der Waals surface area contributed by atoms with Crippen LogP contribution in [0.5, 0.6) is 5.75 Å². The van der Waals surface area contributed by atoms with Crippen LogP contribution in [0.1, 0.15) is 25.0 Å². The fourth-order valence-electron chi connectivity index (χ4n) is 3.66. The van der Waals surface area contributed by atoms with Crippen LogP contribution in [0.4, 0.5) is 4.39 Å². The van der Waals surface area contributed by atoms with Crippen molar-refractivity contribution in [1.29, 1.82) is 0 Å². The van der Waals surface area contributed by atoms with E-state index in [1.807, 2.05) is 11.8 Å². The summed E-state index contributed by atoms with van der Waals surface area (Å²) in [5, 5.41) is 0.587. The Hall–Kier alpha value is -2.15. The van der Waals surface area contributed by atoms with Crippen molar-refractivity contribution in [2.45, 2.75) is 39.0 Å². The molecule has 1 heterocycles. The highest BCUT2D eigenvalue weighted by Crippen LogP contribution is 2.23. The molecule has 0 radical (unpaired) electrons. The van der Waals surface area contributed by atoms with E-state index in [9.17, 15) is 9.18 Å². The highest BCUT2D eigenvalue weighted by Gasteiger charge is 2.32. The van der Waals surface area contributed by atoms with Crippen molar-refractivity contribution in [1.82, 2.24) is 9.80 Å². The van der Waals surface area contributed by atoms with E-state index in [0.717, 1.165) is 24.2 Å². The largest absolute Gasteiger partial charge is 0.483 e. The summed E-state index contributed by atoms with van der Waals surface area (Å²) in [7, 11) is 0. The van der Waals surface area contributed by atoms with Gasteiger partial charge in [0.25, 0.3) is 5.91 Å². The van der Waals surface area contributed by atoms with Gasteiger partial charge in [-0.15, -0.1) is 0 Å². The Kier molecular flexibility index (Phi) is 7.11. The molecule has 1 amide bonds. The Morgan fingerprint density at radius 2 is 1.90 bits per heavy atom. The van der Waals surface area contributed by atoms with Gasteiger partial charge in [-0.05, 0) is 49.7 Å². The van der Waals surface area contributed by atoms with E-state index in [1.165, 1.54) is 12.1 Å². The SMILES string of the molecule is C[C@@H]1CN(C(=O)COc2ccc(Cl)cc2CN)[C@@H](C)CN1Cc1ccc(F)cc1. The van der Waals surface area contributed by atoms with Gasteiger partial charge in [-0.25, -0.2) is 4.39 Å². The highest BCUT2D eigenvalue weighted by molar-refractivity contribution is 6.30. The summed E-state index contributed by atoms with van der Waals surface area (Å²) in [6.45, 7) is 6.49. The summed E-state index contributed by atoms with van der Waals surface area (Å²) in [5.41, 5.74) is 7.57. The van der Waals surface area contributed by atoms with Crippen molar-refractivity contribution < 1.29 is 13.9 Å². The fraction of sp³-hybridized carbons (Fsp3) is 0.409. The number of ether oxygens (including phenoxy) is 1. The Bertz CT molecular complexity index is 846. The number of amides is 1. The second kappa shape index (κ2) is 9.57. The average Bonchev–Trinajstić information content (AvgIpc) is 2.70. The van der Waals surface area contributed by atoms with Gasteiger partial charge < -0.3 is 15.4 Å². The van der Waals surface area contributed by atoms with E-state index in [2.05, 4.69) is 11.8 Å². The summed E-state index contributed by atoms with van der Waals surface area (Å²) >= 11 is 5.99. The number of hydrogen-bond acceptors (Lipinski definition) is 4. The molecule has 1 saturated heterocycles. The van der Waals surface area contributed by atoms with Gasteiger partial charge in [0, 0.05) is 48.8 Å². The molecule has 0 aromatic heterocycles. The molecule has 1 fully saturated rings. The Balaban J connectivity index is 1.58. The lowest BCUT2D eigenvalue weighted by molar-refractivity contribution is -0.139. The minimum absolute atomic E-state index is 0.0380. The summed E-state index contributed by atoms with van der Waals surface area (Å²) in [4.78, 5) is 17.0. The van der Waals surface area contributed by atoms with Crippen molar-refractivity contribution in [3.63, 3.8) is 0 Å². The van der Waals surface area contributed by atoms with Gasteiger partial charge in [0.15, 0.2) is 6.61 Å². The molecule has 1 aliphatic heterocycles. The predicted octanol–water partition coefficient (Wildman–Crippen LogP) is 3.44. The smallest absolute Gasteiger partial charge is 0.260 e. The van der Waals surface area contributed by atoms with Gasteiger partial charge >= 0.3 is 0 Å². The predicted molar refractivity (Wildman–Crippen MR) is 112 cm³/mol. The summed E-state index contributed by atoms with van der Waals surface area (Å²) < 4.78 is 18.9. The summed E-state index contributed by atoms with van der Waals surface area (Å²) in [5.74, 6) is 0.300. The van der Waals surface area contributed by atoms with E-state index in [-0.39, 0.29) is 30.4 Å². The van der Waals surface area contributed by atoms with Crippen LogP contribution in [-0.2, 0) is 17.9 Å².